The van der Waals surface area contributed by atoms with E-state index in [2.05, 4.69) is 65.5 Å². The molecule has 0 aromatic carbocycles. The predicted molar refractivity (Wildman–Crippen MR) is 87.1 cm³/mol. The Morgan fingerprint density at radius 3 is 0.800 bits per heavy atom. The van der Waals surface area contributed by atoms with Gasteiger partial charge in [-0.15, -0.1) is 0 Å². The quantitative estimate of drug-likeness (QED) is 0.681. The summed E-state index contributed by atoms with van der Waals surface area (Å²) >= 11 is 0. The van der Waals surface area contributed by atoms with Crippen LogP contribution >= 0.6 is 0 Å². The van der Waals surface area contributed by atoms with Crippen LogP contribution in [0.5, 0.6) is 0 Å². The van der Waals surface area contributed by atoms with E-state index in [0.717, 1.165) is 3.91 Å². The molecule has 0 aliphatic rings. The first-order chi connectivity index (χ1) is 6.31. The molecule has 0 saturated heterocycles. The minimum absolute atomic E-state index is 0.0938. The monoisotopic (exact) mass is 276 g/mol. The molecule has 15 heavy (non-hydrogen) atoms. The zero-order valence-electron chi connectivity index (χ0n) is 12.7. The fourth-order valence-electron chi connectivity index (χ4n) is 4.97. The second-order valence-corrected chi connectivity index (χ2v) is 29.5. The molecular weight excluding hydrogens is 244 g/mol. The number of hydrogen-bond donors (Lipinski definition) is 0. The van der Waals surface area contributed by atoms with E-state index in [1.807, 2.05) is 0 Å². The molecule has 0 nitrogen and oxygen atoms in total. The molecular formula is C11H32Si4. The van der Waals surface area contributed by atoms with Crippen molar-refractivity contribution in [2.24, 2.45) is 0 Å². The van der Waals surface area contributed by atoms with Crippen LogP contribution in [0.25, 0.3) is 0 Å². The van der Waals surface area contributed by atoms with E-state index in [0.29, 0.717) is 0 Å². The van der Waals surface area contributed by atoms with Gasteiger partial charge in [0.2, 0.25) is 0 Å². The summed E-state index contributed by atoms with van der Waals surface area (Å²) in [5.74, 6) is 0. The van der Waals surface area contributed by atoms with E-state index in [-0.39, 0.29) is 9.52 Å². The Morgan fingerprint density at radius 1 is 0.600 bits per heavy atom. The molecule has 0 fully saturated rings. The van der Waals surface area contributed by atoms with Crippen LogP contribution in [0.2, 0.25) is 69.4 Å². The van der Waals surface area contributed by atoms with Gasteiger partial charge < -0.3 is 0 Å². The van der Waals surface area contributed by atoms with Gasteiger partial charge in [0.05, 0.1) is 0 Å². The molecule has 92 valence electrons. The second kappa shape index (κ2) is 4.27. The maximum atomic E-state index is 2.64. The molecule has 0 N–H and O–H groups in total. The zero-order valence-corrected chi connectivity index (χ0v) is 17.1. The topological polar surface area (TPSA) is 0 Å². The van der Waals surface area contributed by atoms with Gasteiger partial charge in [-0.25, -0.2) is 0 Å². The third kappa shape index (κ3) is 2.58. The molecule has 0 radical (unpaired) electrons. The van der Waals surface area contributed by atoms with Crippen LogP contribution in [0.15, 0.2) is 0 Å². The highest BCUT2D eigenvalue weighted by Gasteiger charge is 2.58. The third-order valence-corrected chi connectivity index (χ3v) is 39.3. The molecule has 0 atom stereocenters. The lowest BCUT2D eigenvalue weighted by Crippen LogP contribution is -2.68. The van der Waals surface area contributed by atoms with Gasteiger partial charge in [-0.1, -0.05) is 69.4 Å². The summed E-state index contributed by atoms with van der Waals surface area (Å²) in [6.45, 7) is 26.3. The predicted octanol–water partition coefficient (Wildman–Crippen LogP) is 3.99. The Morgan fingerprint density at radius 2 is 0.800 bits per heavy atom. The lowest BCUT2D eigenvalue weighted by Gasteiger charge is -2.59. The summed E-state index contributed by atoms with van der Waals surface area (Å²) in [7, 11) is -2.97. The van der Waals surface area contributed by atoms with Gasteiger partial charge in [-0.2, -0.15) is 0 Å². The van der Waals surface area contributed by atoms with Gasteiger partial charge >= 0.3 is 0 Å². The molecule has 4 heteroatoms. The van der Waals surface area contributed by atoms with Crippen molar-refractivity contribution in [1.29, 1.82) is 0 Å². The van der Waals surface area contributed by atoms with Gasteiger partial charge in [-0.3, -0.25) is 0 Å². The molecule has 0 aromatic heterocycles. The summed E-state index contributed by atoms with van der Waals surface area (Å²) in [6.07, 6.45) is 0. The van der Waals surface area contributed by atoms with E-state index in [1.165, 1.54) is 0 Å². The molecule has 0 aliphatic heterocycles. The summed E-state index contributed by atoms with van der Waals surface area (Å²) < 4.78 is 0.910. The average Bonchev–Trinajstić information content (AvgIpc) is 1.76. The van der Waals surface area contributed by atoms with Gasteiger partial charge in [-0.05, 0) is 0 Å². The summed E-state index contributed by atoms with van der Waals surface area (Å²) in [5.41, 5.74) is 0. The number of hydrogen-bond acceptors (Lipinski definition) is 0. The van der Waals surface area contributed by atoms with Crippen LogP contribution in [-0.2, 0) is 0 Å². The Labute approximate surface area is 103 Å². The van der Waals surface area contributed by atoms with Gasteiger partial charge in [0.15, 0.2) is 0 Å². The summed E-state index contributed by atoms with van der Waals surface area (Å²) in [5, 5.41) is 0. The van der Waals surface area contributed by atoms with Gasteiger partial charge in [0, 0.05) is 33.7 Å². The van der Waals surface area contributed by atoms with Crippen molar-refractivity contribution in [2.45, 2.75) is 69.4 Å². The normalized spacial score (nSPS) is 16.4. The number of rotatable bonds is 4. The van der Waals surface area contributed by atoms with Crippen molar-refractivity contribution in [2.75, 3.05) is 0 Å². The highest BCUT2D eigenvalue weighted by atomic mass is 28.5. The molecule has 0 heterocycles. The Balaban J connectivity index is 5.78. The van der Waals surface area contributed by atoms with Crippen molar-refractivity contribution >= 4 is 33.7 Å². The molecule has 0 bridgehead atoms. The molecule has 0 amide bonds. The van der Waals surface area contributed by atoms with E-state index >= 15 is 0 Å². The SMILES string of the molecule is C[SiH2]C([Si](C)(C)C)([Si](C)(C)C)[Si](C)(C)C. The average molecular weight is 277 g/mol. The highest BCUT2D eigenvalue weighted by Crippen LogP contribution is 2.52. The lowest BCUT2D eigenvalue weighted by molar-refractivity contribution is 1.23. The minimum Gasteiger partial charge on any atom is -0.0750 e. The molecule has 0 aliphatic carbocycles. The van der Waals surface area contributed by atoms with Gasteiger partial charge in [0.1, 0.15) is 0 Å². The standard InChI is InChI=1S/C11H32Si4/c1-12-11(13(2,3)4,14(5,6)7)15(8,9)10/h12H2,1-10H3. The van der Waals surface area contributed by atoms with Crippen molar-refractivity contribution in [3.05, 3.63) is 0 Å². The van der Waals surface area contributed by atoms with Crippen LogP contribution in [-0.4, -0.2) is 33.7 Å². The van der Waals surface area contributed by atoms with Crippen LogP contribution in [0.4, 0.5) is 0 Å². The largest absolute Gasteiger partial charge is 0.0750 e. The second-order valence-electron chi connectivity index (χ2n) is 8.01. The van der Waals surface area contributed by atoms with Crippen LogP contribution in [0.1, 0.15) is 0 Å². The van der Waals surface area contributed by atoms with Crippen LogP contribution in [0, 0.1) is 0 Å². The fourth-order valence-corrected chi connectivity index (χ4v) is 44.7. The maximum Gasteiger partial charge on any atom is 0.0420 e. The first-order valence-electron chi connectivity index (χ1n) is 6.31. The van der Waals surface area contributed by atoms with Crippen LogP contribution < -0.4 is 0 Å². The molecule has 0 aromatic rings. The van der Waals surface area contributed by atoms with Gasteiger partial charge in [0.25, 0.3) is 0 Å². The van der Waals surface area contributed by atoms with Crippen molar-refractivity contribution in [1.82, 2.24) is 0 Å². The van der Waals surface area contributed by atoms with E-state index in [4.69, 9.17) is 0 Å². The summed E-state index contributed by atoms with van der Waals surface area (Å²) in [6, 6.07) is 0. The summed E-state index contributed by atoms with van der Waals surface area (Å²) in [4.78, 5) is 0. The highest BCUT2D eigenvalue weighted by molar-refractivity contribution is 7.23. The van der Waals surface area contributed by atoms with Crippen molar-refractivity contribution in [3.8, 4) is 0 Å². The smallest absolute Gasteiger partial charge is 0.0420 e. The fraction of sp³-hybridized carbons (Fsp3) is 1.00. The van der Waals surface area contributed by atoms with E-state index in [1.54, 1.807) is 0 Å². The van der Waals surface area contributed by atoms with Crippen molar-refractivity contribution in [3.63, 3.8) is 0 Å². The Kier molecular flexibility index (Phi) is 4.52. The third-order valence-electron chi connectivity index (χ3n) is 4.37. The molecule has 0 rings (SSSR count). The van der Waals surface area contributed by atoms with E-state index in [9.17, 15) is 0 Å². The first-order valence-corrected chi connectivity index (χ1v) is 18.9. The Hall–Kier alpha value is 0.868. The first kappa shape index (κ1) is 15.9. The molecule has 0 saturated carbocycles. The lowest BCUT2D eigenvalue weighted by atomic mass is 11.6. The molecule has 0 unspecified atom stereocenters. The zero-order chi connectivity index (χ0) is 12.7. The molecule has 0 spiro atoms. The maximum absolute atomic E-state index is 2.64. The van der Waals surface area contributed by atoms with Crippen LogP contribution in [0.3, 0.4) is 0 Å². The minimum atomic E-state index is -1.02. The Bertz CT molecular complexity index is 178. The van der Waals surface area contributed by atoms with E-state index < -0.39 is 24.2 Å². The van der Waals surface area contributed by atoms with Crippen molar-refractivity contribution < 1.29 is 0 Å².